The van der Waals surface area contributed by atoms with Crippen LogP contribution in [0.1, 0.15) is 17.2 Å². The third-order valence-electron chi connectivity index (χ3n) is 3.10. The number of rotatable bonds is 2. The normalized spacial score (nSPS) is 12.5. The van der Waals surface area contributed by atoms with Gasteiger partial charge in [0.1, 0.15) is 5.82 Å². The summed E-state index contributed by atoms with van der Waals surface area (Å²) >= 11 is 0. The third kappa shape index (κ3) is 2.18. The highest BCUT2D eigenvalue weighted by Gasteiger charge is 2.13. The number of pyridine rings is 2. The molecular formula is C15H12FN3. The summed E-state index contributed by atoms with van der Waals surface area (Å²) in [6.07, 6.45) is 4.47. The number of fused-ring (bicyclic) bond motifs is 1. The molecule has 0 radical (unpaired) electrons. The summed E-state index contributed by atoms with van der Waals surface area (Å²) < 4.78 is 13.2. The first-order valence-corrected chi connectivity index (χ1v) is 5.95. The molecule has 3 rings (SSSR count). The lowest BCUT2D eigenvalue weighted by Gasteiger charge is -2.14. The number of para-hydroxylation sites is 1. The summed E-state index contributed by atoms with van der Waals surface area (Å²) in [4.78, 5) is 8.13. The second-order valence-electron chi connectivity index (χ2n) is 4.33. The number of nitrogens with two attached hydrogens (primary N) is 1. The first-order chi connectivity index (χ1) is 9.25. The summed E-state index contributed by atoms with van der Waals surface area (Å²) in [5, 5.41) is 0.974. The zero-order valence-electron chi connectivity index (χ0n) is 10.1. The van der Waals surface area contributed by atoms with Crippen LogP contribution < -0.4 is 5.73 Å². The van der Waals surface area contributed by atoms with E-state index in [1.54, 1.807) is 12.4 Å². The molecule has 1 atom stereocenters. The standard InChI is InChI=1S/C15H12FN3/c16-11-7-10(8-18-9-11)15(17)13-5-6-19-14-4-2-1-3-12(13)14/h1-9,15H,17H2. The Balaban J connectivity index is 2.14. The lowest BCUT2D eigenvalue weighted by molar-refractivity contribution is 0.616. The maximum Gasteiger partial charge on any atom is 0.141 e. The molecule has 2 aromatic heterocycles. The first-order valence-electron chi connectivity index (χ1n) is 5.95. The Morgan fingerprint density at radius 1 is 1.11 bits per heavy atom. The molecule has 1 aromatic carbocycles. The van der Waals surface area contributed by atoms with Crippen molar-refractivity contribution < 1.29 is 4.39 Å². The number of aromatic nitrogens is 2. The van der Waals surface area contributed by atoms with Crippen molar-refractivity contribution in [3.8, 4) is 0 Å². The van der Waals surface area contributed by atoms with Crippen LogP contribution in [0.3, 0.4) is 0 Å². The average molecular weight is 253 g/mol. The van der Waals surface area contributed by atoms with Gasteiger partial charge in [0.15, 0.2) is 0 Å². The molecular weight excluding hydrogens is 241 g/mol. The van der Waals surface area contributed by atoms with E-state index in [1.807, 2.05) is 30.3 Å². The smallest absolute Gasteiger partial charge is 0.141 e. The zero-order chi connectivity index (χ0) is 13.2. The number of halogens is 1. The van der Waals surface area contributed by atoms with E-state index in [1.165, 1.54) is 12.3 Å². The molecule has 0 saturated heterocycles. The molecule has 4 heteroatoms. The highest BCUT2D eigenvalue weighted by molar-refractivity contribution is 5.82. The van der Waals surface area contributed by atoms with E-state index in [0.717, 1.165) is 16.5 Å². The van der Waals surface area contributed by atoms with Crippen LogP contribution in [0.25, 0.3) is 10.9 Å². The minimum absolute atomic E-state index is 0.383. The minimum Gasteiger partial charge on any atom is -0.320 e. The summed E-state index contributed by atoms with van der Waals surface area (Å²) in [5.74, 6) is -0.383. The van der Waals surface area contributed by atoms with Gasteiger partial charge in [-0.15, -0.1) is 0 Å². The van der Waals surface area contributed by atoms with E-state index in [9.17, 15) is 4.39 Å². The van der Waals surface area contributed by atoms with Crippen LogP contribution in [0.2, 0.25) is 0 Å². The maximum absolute atomic E-state index is 13.2. The fourth-order valence-electron chi connectivity index (χ4n) is 2.17. The molecule has 0 amide bonds. The van der Waals surface area contributed by atoms with E-state index in [4.69, 9.17) is 5.73 Å². The average Bonchev–Trinajstić information content (AvgIpc) is 2.46. The van der Waals surface area contributed by atoms with E-state index in [0.29, 0.717) is 5.56 Å². The molecule has 2 heterocycles. The van der Waals surface area contributed by atoms with Crippen molar-refractivity contribution in [2.24, 2.45) is 5.73 Å². The van der Waals surface area contributed by atoms with Crippen LogP contribution in [-0.4, -0.2) is 9.97 Å². The Morgan fingerprint density at radius 3 is 2.79 bits per heavy atom. The molecule has 0 bridgehead atoms. The summed E-state index contributed by atoms with van der Waals surface area (Å²) in [5.41, 5.74) is 8.66. The van der Waals surface area contributed by atoms with E-state index in [2.05, 4.69) is 9.97 Å². The highest BCUT2D eigenvalue weighted by Crippen LogP contribution is 2.25. The molecule has 2 N–H and O–H groups in total. The van der Waals surface area contributed by atoms with Crippen molar-refractivity contribution in [1.29, 1.82) is 0 Å². The van der Waals surface area contributed by atoms with Crippen LogP contribution in [0.15, 0.2) is 55.0 Å². The number of nitrogens with zero attached hydrogens (tertiary/aromatic N) is 2. The lowest BCUT2D eigenvalue weighted by Crippen LogP contribution is -2.13. The molecule has 3 nitrogen and oxygen atoms in total. The Morgan fingerprint density at radius 2 is 1.95 bits per heavy atom. The Kier molecular flexibility index (Phi) is 2.93. The second-order valence-corrected chi connectivity index (χ2v) is 4.33. The van der Waals surface area contributed by atoms with Gasteiger partial charge < -0.3 is 5.73 Å². The first kappa shape index (κ1) is 11.7. The number of benzene rings is 1. The van der Waals surface area contributed by atoms with Gasteiger partial charge in [0.05, 0.1) is 17.8 Å². The van der Waals surface area contributed by atoms with E-state index < -0.39 is 6.04 Å². The predicted octanol–water partition coefficient (Wildman–Crippen LogP) is 2.82. The lowest BCUT2D eigenvalue weighted by atomic mass is 9.98. The van der Waals surface area contributed by atoms with Crippen LogP contribution >= 0.6 is 0 Å². The van der Waals surface area contributed by atoms with Gasteiger partial charge >= 0.3 is 0 Å². The highest BCUT2D eigenvalue weighted by atomic mass is 19.1. The van der Waals surface area contributed by atoms with Crippen molar-refractivity contribution >= 4 is 10.9 Å². The molecule has 1 unspecified atom stereocenters. The monoisotopic (exact) mass is 253 g/mol. The van der Waals surface area contributed by atoms with Gasteiger partial charge in [0, 0.05) is 17.8 Å². The largest absolute Gasteiger partial charge is 0.320 e. The van der Waals surface area contributed by atoms with Crippen LogP contribution in [0, 0.1) is 5.82 Å². The second kappa shape index (κ2) is 4.74. The van der Waals surface area contributed by atoms with Crippen molar-refractivity contribution in [2.75, 3.05) is 0 Å². The van der Waals surface area contributed by atoms with Gasteiger partial charge in [-0.3, -0.25) is 9.97 Å². The molecule has 0 aliphatic heterocycles. The summed E-state index contributed by atoms with van der Waals surface area (Å²) in [6.45, 7) is 0. The van der Waals surface area contributed by atoms with Crippen molar-refractivity contribution in [1.82, 2.24) is 9.97 Å². The van der Waals surface area contributed by atoms with E-state index >= 15 is 0 Å². The van der Waals surface area contributed by atoms with Crippen LogP contribution in [-0.2, 0) is 0 Å². The van der Waals surface area contributed by atoms with Crippen molar-refractivity contribution in [3.63, 3.8) is 0 Å². The Bertz CT molecular complexity index is 722. The van der Waals surface area contributed by atoms with Gasteiger partial charge in [-0.1, -0.05) is 18.2 Å². The van der Waals surface area contributed by atoms with E-state index in [-0.39, 0.29) is 5.82 Å². The third-order valence-corrected chi connectivity index (χ3v) is 3.10. The molecule has 0 aliphatic carbocycles. The Hall–Kier alpha value is -2.33. The molecule has 0 aliphatic rings. The van der Waals surface area contributed by atoms with Crippen molar-refractivity contribution in [2.45, 2.75) is 6.04 Å². The van der Waals surface area contributed by atoms with Gasteiger partial charge in [-0.25, -0.2) is 4.39 Å². The molecule has 0 spiro atoms. The quantitative estimate of drug-likeness (QED) is 0.764. The van der Waals surface area contributed by atoms with Gasteiger partial charge in [0.2, 0.25) is 0 Å². The number of hydrogen-bond donors (Lipinski definition) is 1. The van der Waals surface area contributed by atoms with Gasteiger partial charge in [0.25, 0.3) is 0 Å². The number of hydrogen-bond acceptors (Lipinski definition) is 3. The topological polar surface area (TPSA) is 51.8 Å². The maximum atomic E-state index is 13.2. The molecule has 94 valence electrons. The molecule has 0 fully saturated rings. The van der Waals surface area contributed by atoms with Gasteiger partial charge in [-0.05, 0) is 29.3 Å². The predicted molar refractivity (Wildman–Crippen MR) is 72.0 cm³/mol. The fourth-order valence-corrected chi connectivity index (χ4v) is 2.17. The zero-order valence-corrected chi connectivity index (χ0v) is 10.1. The Labute approximate surface area is 109 Å². The van der Waals surface area contributed by atoms with Crippen molar-refractivity contribution in [3.05, 3.63) is 71.9 Å². The molecule has 0 saturated carbocycles. The molecule has 19 heavy (non-hydrogen) atoms. The SMILES string of the molecule is NC(c1cncc(F)c1)c1ccnc2ccccc12. The van der Waals surface area contributed by atoms with Gasteiger partial charge in [-0.2, -0.15) is 0 Å². The van der Waals surface area contributed by atoms with Crippen LogP contribution in [0.4, 0.5) is 4.39 Å². The van der Waals surface area contributed by atoms with Crippen LogP contribution in [0.5, 0.6) is 0 Å². The minimum atomic E-state index is -0.420. The fraction of sp³-hybridized carbons (Fsp3) is 0.0667. The summed E-state index contributed by atoms with van der Waals surface area (Å²) in [7, 11) is 0. The molecule has 3 aromatic rings. The summed E-state index contributed by atoms with van der Waals surface area (Å²) in [6, 6.07) is 10.6.